The van der Waals surface area contributed by atoms with E-state index in [1.54, 1.807) is 6.07 Å². The molecule has 25 heavy (non-hydrogen) atoms. The monoisotopic (exact) mass is 361 g/mol. The van der Waals surface area contributed by atoms with E-state index in [0.29, 0.717) is 11.6 Å². The summed E-state index contributed by atoms with van der Waals surface area (Å²) in [6.07, 6.45) is 2.44. The van der Waals surface area contributed by atoms with Gasteiger partial charge in [-0.2, -0.15) is 5.10 Å². The summed E-state index contributed by atoms with van der Waals surface area (Å²) in [6, 6.07) is 7.28. The third kappa shape index (κ3) is 3.48. The Morgan fingerprint density at radius 1 is 1.40 bits per heavy atom. The Labute approximate surface area is 146 Å². The first-order valence-corrected chi connectivity index (χ1v) is 7.44. The maximum absolute atomic E-state index is 12.3. The number of nitro groups is 1. The van der Waals surface area contributed by atoms with Gasteiger partial charge in [0.2, 0.25) is 11.6 Å². The van der Waals surface area contributed by atoms with Crippen LogP contribution in [-0.2, 0) is 13.6 Å². The van der Waals surface area contributed by atoms with E-state index < -0.39 is 16.5 Å². The Kier molecular flexibility index (Phi) is 4.44. The minimum atomic E-state index is -0.720. The van der Waals surface area contributed by atoms with Crippen LogP contribution < -0.4 is 5.32 Å². The number of aromatic nitrogens is 5. The molecule has 0 saturated carbocycles. The third-order valence-electron chi connectivity index (χ3n) is 3.38. The second-order valence-corrected chi connectivity index (χ2v) is 5.48. The van der Waals surface area contributed by atoms with E-state index >= 15 is 0 Å². The molecule has 0 radical (unpaired) electrons. The van der Waals surface area contributed by atoms with Crippen LogP contribution in [0.2, 0.25) is 5.02 Å². The van der Waals surface area contributed by atoms with Gasteiger partial charge in [-0.05, 0) is 11.6 Å². The topological polar surface area (TPSA) is 121 Å². The summed E-state index contributed by atoms with van der Waals surface area (Å²) in [5, 5.41) is 21.8. The largest absolute Gasteiger partial charge is 0.320 e. The van der Waals surface area contributed by atoms with Gasteiger partial charge in [0, 0.05) is 12.1 Å². The van der Waals surface area contributed by atoms with E-state index in [-0.39, 0.29) is 11.6 Å². The van der Waals surface area contributed by atoms with Gasteiger partial charge in [0.25, 0.3) is 5.91 Å². The molecule has 3 rings (SSSR count). The Morgan fingerprint density at radius 2 is 2.16 bits per heavy atom. The molecule has 1 amide bonds. The lowest BCUT2D eigenvalue weighted by Gasteiger charge is -2.03. The fraction of sp³-hybridized carbons (Fsp3) is 0.143. The standard InChI is InChI=1S/C14H12ClN7O3/c1-20-12(11(6-17-20)22(24)25)13(23)18-14-16-8-21(19-14)7-9-4-2-3-5-10(9)15/h2-6,8H,7H2,1H3,(H,18,19,23). The Morgan fingerprint density at radius 3 is 2.88 bits per heavy atom. The SMILES string of the molecule is Cn1ncc([N+](=O)[O-])c1C(=O)Nc1ncn(Cc2ccccc2Cl)n1. The summed E-state index contributed by atoms with van der Waals surface area (Å²) in [6.45, 7) is 0.369. The van der Waals surface area contributed by atoms with Crippen LogP contribution in [0.25, 0.3) is 0 Å². The molecule has 0 atom stereocenters. The van der Waals surface area contributed by atoms with E-state index in [1.165, 1.54) is 18.1 Å². The summed E-state index contributed by atoms with van der Waals surface area (Å²) in [4.78, 5) is 26.5. The molecule has 3 aromatic rings. The minimum Gasteiger partial charge on any atom is -0.288 e. The molecule has 0 spiro atoms. The number of halogens is 1. The highest BCUT2D eigenvalue weighted by atomic mass is 35.5. The molecular formula is C14H12ClN7O3. The predicted molar refractivity (Wildman–Crippen MR) is 88.4 cm³/mol. The zero-order chi connectivity index (χ0) is 18.0. The van der Waals surface area contributed by atoms with Gasteiger partial charge < -0.3 is 0 Å². The number of carbonyl (C=O) groups excluding carboxylic acids is 1. The fourth-order valence-corrected chi connectivity index (χ4v) is 2.41. The minimum absolute atomic E-state index is 0.0209. The molecule has 11 heteroatoms. The number of hydrogen-bond donors (Lipinski definition) is 1. The molecule has 0 bridgehead atoms. The van der Waals surface area contributed by atoms with Crippen LogP contribution in [0.3, 0.4) is 0 Å². The Balaban J connectivity index is 1.76. The lowest BCUT2D eigenvalue weighted by Crippen LogP contribution is -2.18. The lowest BCUT2D eigenvalue weighted by molar-refractivity contribution is -0.385. The number of anilines is 1. The first-order chi connectivity index (χ1) is 12.0. The molecule has 2 heterocycles. The quantitative estimate of drug-likeness (QED) is 0.547. The molecule has 0 unspecified atom stereocenters. The summed E-state index contributed by atoms with van der Waals surface area (Å²) < 4.78 is 2.61. The summed E-state index contributed by atoms with van der Waals surface area (Å²) in [5.41, 5.74) is 0.261. The Hall–Kier alpha value is -3.27. The average molecular weight is 362 g/mol. The van der Waals surface area contributed by atoms with Gasteiger partial charge in [0.05, 0.1) is 11.5 Å². The van der Waals surface area contributed by atoms with Crippen molar-refractivity contribution in [2.24, 2.45) is 7.05 Å². The number of nitrogens with one attached hydrogen (secondary N) is 1. The highest BCUT2D eigenvalue weighted by Crippen LogP contribution is 2.18. The number of carbonyl (C=O) groups is 1. The molecule has 1 aromatic carbocycles. The number of benzene rings is 1. The molecule has 1 N–H and O–H groups in total. The fourth-order valence-electron chi connectivity index (χ4n) is 2.21. The van der Waals surface area contributed by atoms with Gasteiger partial charge >= 0.3 is 5.69 Å². The highest BCUT2D eigenvalue weighted by Gasteiger charge is 2.26. The van der Waals surface area contributed by atoms with Crippen molar-refractivity contribution in [3.05, 3.63) is 63.2 Å². The average Bonchev–Trinajstić information content (AvgIpc) is 3.16. The van der Waals surface area contributed by atoms with Crippen molar-refractivity contribution < 1.29 is 9.72 Å². The van der Waals surface area contributed by atoms with E-state index in [0.717, 1.165) is 16.4 Å². The van der Waals surface area contributed by atoms with Crippen LogP contribution in [-0.4, -0.2) is 35.4 Å². The normalized spacial score (nSPS) is 10.6. The Bertz CT molecular complexity index is 950. The number of nitrogens with zero attached hydrogens (tertiary/aromatic N) is 6. The summed E-state index contributed by atoms with van der Waals surface area (Å²) in [7, 11) is 1.44. The van der Waals surface area contributed by atoms with E-state index in [2.05, 4.69) is 20.5 Å². The number of amides is 1. The highest BCUT2D eigenvalue weighted by molar-refractivity contribution is 6.31. The van der Waals surface area contributed by atoms with Gasteiger partial charge in [-0.25, -0.2) is 9.67 Å². The van der Waals surface area contributed by atoms with Crippen molar-refractivity contribution in [3.8, 4) is 0 Å². The first kappa shape index (κ1) is 16.6. The second kappa shape index (κ2) is 6.69. The van der Waals surface area contributed by atoms with E-state index in [9.17, 15) is 14.9 Å². The zero-order valence-corrected chi connectivity index (χ0v) is 13.7. The number of aryl methyl sites for hydroxylation is 1. The maximum atomic E-state index is 12.3. The maximum Gasteiger partial charge on any atom is 0.320 e. The molecule has 128 valence electrons. The van der Waals surface area contributed by atoms with Gasteiger partial charge in [0.15, 0.2) is 0 Å². The van der Waals surface area contributed by atoms with Gasteiger partial charge in [0.1, 0.15) is 12.5 Å². The van der Waals surface area contributed by atoms with Crippen LogP contribution >= 0.6 is 11.6 Å². The molecular weight excluding hydrogens is 350 g/mol. The van der Waals surface area contributed by atoms with E-state index in [1.807, 2.05) is 18.2 Å². The number of hydrogen-bond acceptors (Lipinski definition) is 6. The molecule has 0 aliphatic heterocycles. The van der Waals surface area contributed by atoms with Crippen LogP contribution in [0, 0.1) is 10.1 Å². The molecule has 2 aromatic heterocycles. The van der Waals surface area contributed by atoms with Crippen LogP contribution in [0.1, 0.15) is 16.1 Å². The molecule has 0 aliphatic rings. The molecule has 10 nitrogen and oxygen atoms in total. The van der Waals surface area contributed by atoms with E-state index in [4.69, 9.17) is 11.6 Å². The predicted octanol–water partition coefficient (Wildman–Crippen LogP) is 1.87. The van der Waals surface area contributed by atoms with Gasteiger partial charge in [-0.15, -0.1) is 5.10 Å². The van der Waals surface area contributed by atoms with Crippen LogP contribution in [0.5, 0.6) is 0 Å². The van der Waals surface area contributed by atoms with Gasteiger partial charge in [-0.3, -0.25) is 24.9 Å². The van der Waals surface area contributed by atoms with Crippen molar-refractivity contribution >= 4 is 29.1 Å². The van der Waals surface area contributed by atoms with Crippen molar-refractivity contribution in [2.75, 3.05) is 5.32 Å². The van der Waals surface area contributed by atoms with Crippen LogP contribution in [0.4, 0.5) is 11.6 Å². The zero-order valence-electron chi connectivity index (χ0n) is 13.0. The number of rotatable bonds is 5. The van der Waals surface area contributed by atoms with Crippen molar-refractivity contribution in [2.45, 2.75) is 6.54 Å². The summed E-state index contributed by atoms with van der Waals surface area (Å²) >= 11 is 6.09. The molecule has 0 saturated heterocycles. The van der Waals surface area contributed by atoms with Crippen molar-refractivity contribution in [1.29, 1.82) is 0 Å². The molecule has 0 fully saturated rings. The second-order valence-electron chi connectivity index (χ2n) is 5.07. The first-order valence-electron chi connectivity index (χ1n) is 7.06. The van der Waals surface area contributed by atoms with Crippen LogP contribution in [0.15, 0.2) is 36.8 Å². The third-order valence-corrected chi connectivity index (χ3v) is 3.75. The smallest absolute Gasteiger partial charge is 0.288 e. The van der Waals surface area contributed by atoms with Crippen molar-refractivity contribution in [3.63, 3.8) is 0 Å². The van der Waals surface area contributed by atoms with Crippen molar-refractivity contribution in [1.82, 2.24) is 24.5 Å². The molecule has 0 aliphatic carbocycles. The van der Waals surface area contributed by atoms with Gasteiger partial charge in [-0.1, -0.05) is 29.8 Å². The summed E-state index contributed by atoms with van der Waals surface area (Å²) in [5.74, 6) is -0.699. The lowest BCUT2D eigenvalue weighted by atomic mass is 10.2.